The van der Waals surface area contributed by atoms with Gasteiger partial charge in [-0.15, -0.1) is 0 Å². The molecular weight excluding hydrogens is 378 g/mol. The fourth-order valence-electron chi connectivity index (χ4n) is 4.61. The fourth-order valence-corrected chi connectivity index (χ4v) is 4.61. The number of amides is 1. The summed E-state index contributed by atoms with van der Waals surface area (Å²) in [7, 11) is 1.80. The van der Waals surface area contributed by atoms with Gasteiger partial charge in [0.15, 0.2) is 5.82 Å². The molecule has 30 heavy (non-hydrogen) atoms. The normalized spacial score (nSPS) is 20.1. The minimum Gasteiger partial charge on any atom is -0.394 e. The molecule has 1 fully saturated rings. The van der Waals surface area contributed by atoms with Crippen molar-refractivity contribution in [3.8, 4) is 0 Å². The summed E-state index contributed by atoms with van der Waals surface area (Å²) in [5.41, 5.74) is 1.20. The van der Waals surface area contributed by atoms with Crippen molar-refractivity contribution in [2.75, 3.05) is 35.3 Å². The van der Waals surface area contributed by atoms with Gasteiger partial charge in [0.2, 0.25) is 11.9 Å². The van der Waals surface area contributed by atoms with E-state index >= 15 is 0 Å². The zero-order valence-electron chi connectivity index (χ0n) is 18.0. The fraction of sp³-hybridized carbons (Fsp3) is 0.522. The van der Waals surface area contributed by atoms with E-state index in [-0.39, 0.29) is 18.6 Å². The topological polar surface area (TPSA) is 81.6 Å². The maximum absolute atomic E-state index is 13.1. The van der Waals surface area contributed by atoms with E-state index in [1.807, 2.05) is 44.2 Å². The third-order valence-electron chi connectivity index (χ3n) is 6.29. The van der Waals surface area contributed by atoms with Crippen LogP contribution in [0.1, 0.15) is 51.1 Å². The zero-order chi connectivity index (χ0) is 21.3. The summed E-state index contributed by atoms with van der Waals surface area (Å²) < 4.78 is 0. The molecule has 1 amide bonds. The molecule has 4 rings (SSSR count). The molecule has 1 aliphatic carbocycles. The van der Waals surface area contributed by atoms with Gasteiger partial charge in [-0.3, -0.25) is 4.79 Å². The number of anilines is 3. The van der Waals surface area contributed by atoms with E-state index in [2.05, 4.69) is 15.2 Å². The Morgan fingerprint density at radius 1 is 1.23 bits per heavy atom. The number of fused-ring (bicyclic) bond motifs is 1. The molecule has 1 saturated carbocycles. The SMILES string of the molecule is CN1C(=O)C(C)(C)CN(C2CCCC2)c2nc(N[C@@H](CO)c3ccccc3)ncc21. The van der Waals surface area contributed by atoms with Crippen LogP contribution in [-0.2, 0) is 4.79 Å². The molecule has 2 heterocycles. The summed E-state index contributed by atoms with van der Waals surface area (Å²) in [6, 6.07) is 9.86. The lowest BCUT2D eigenvalue weighted by atomic mass is 9.91. The lowest BCUT2D eigenvalue weighted by Crippen LogP contribution is -2.45. The van der Waals surface area contributed by atoms with Gasteiger partial charge in [0.25, 0.3) is 0 Å². The number of aromatic nitrogens is 2. The number of nitrogens with zero attached hydrogens (tertiary/aromatic N) is 4. The van der Waals surface area contributed by atoms with Gasteiger partial charge in [-0.2, -0.15) is 4.98 Å². The molecule has 7 nitrogen and oxygen atoms in total. The number of hydrogen-bond acceptors (Lipinski definition) is 6. The standard InChI is InChI=1S/C23H31N5O2/c1-23(2)15-28(17-11-7-8-12-17)20-19(27(3)21(23)30)13-24-22(26-20)25-18(14-29)16-9-5-4-6-10-16/h4-6,9-10,13,17-18,29H,7-8,11-12,14-15H2,1-3H3,(H,24,25,26)/t18-/m0/s1. The molecule has 0 spiro atoms. The number of carbonyl (C=O) groups excluding carboxylic acids is 1. The van der Waals surface area contributed by atoms with Crippen LogP contribution in [0.3, 0.4) is 0 Å². The molecule has 0 saturated heterocycles. The predicted molar refractivity (Wildman–Crippen MR) is 119 cm³/mol. The van der Waals surface area contributed by atoms with Crippen molar-refractivity contribution in [3.63, 3.8) is 0 Å². The Morgan fingerprint density at radius 2 is 1.93 bits per heavy atom. The molecule has 2 aromatic rings. The molecule has 0 bridgehead atoms. The van der Waals surface area contributed by atoms with E-state index in [4.69, 9.17) is 4.98 Å². The van der Waals surface area contributed by atoms with Crippen molar-refractivity contribution in [2.45, 2.75) is 51.6 Å². The summed E-state index contributed by atoms with van der Waals surface area (Å²) in [5.74, 6) is 1.33. The van der Waals surface area contributed by atoms with Gasteiger partial charge in [-0.1, -0.05) is 43.2 Å². The first-order valence-electron chi connectivity index (χ1n) is 10.7. The summed E-state index contributed by atoms with van der Waals surface area (Å²) >= 11 is 0. The van der Waals surface area contributed by atoms with E-state index < -0.39 is 5.41 Å². The molecule has 1 aromatic heterocycles. The molecule has 2 aliphatic rings. The number of nitrogens with one attached hydrogen (secondary N) is 1. The molecule has 7 heteroatoms. The monoisotopic (exact) mass is 409 g/mol. The Morgan fingerprint density at radius 3 is 2.60 bits per heavy atom. The van der Waals surface area contributed by atoms with Crippen LogP contribution >= 0.6 is 0 Å². The average molecular weight is 410 g/mol. The third kappa shape index (κ3) is 3.86. The zero-order valence-corrected chi connectivity index (χ0v) is 18.0. The van der Waals surface area contributed by atoms with E-state index in [1.54, 1.807) is 18.1 Å². The number of carbonyl (C=O) groups is 1. The maximum Gasteiger partial charge on any atom is 0.234 e. The number of benzene rings is 1. The van der Waals surface area contributed by atoms with Gasteiger partial charge in [0, 0.05) is 19.6 Å². The maximum atomic E-state index is 13.1. The smallest absolute Gasteiger partial charge is 0.234 e. The Hall–Kier alpha value is -2.67. The highest BCUT2D eigenvalue weighted by atomic mass is 16.3. The summed E-state index contributed by atoms with van der Waals surface area (Å²) in [6.07, 6.45) is 6.37. The lowest BCUT2D eigenvalue weighted by molar-refractivity contribution is -0.125. The predicted octanol–water partition coefficient (Wildman–Crippen LogP) is 3.37. The van der Waals surface area contributed by atoms with Crippen LogP contribution in [-0.4, -0.2) is 47.2 Å². The van der Waals surface area contributed by atoms with Crippen molar-refractivity contribution < 1.29 is 9.90 Å². The van der Waals surface area contributed by atoms with Gasteiger partial charge < -0.3 is 20.2 Å². The Bertz CT molecular complexity index is 896. The van der Waals surface area contributed by atoms with Gasteiger partial charge >= 0.3 is 0 Å². The van der Waals surface area contributed by atoms with Crippen molar-refractivity contribution in [3.05, 3.63) is 42.1 Å². The van der Waals surface area contributed by atoms with E-state index in [0.717, 1.165) is 29.9 Å². The second kappa shape index (κ2) is 8.22. The minimum atomic E-state index is -0.511. The lowest BCUT2D eigenvalue weighted by Gasteiger charge is -2.34. The number of aliphatic hydroxyl groups excluding tert-OH is 1. The van der Waals surface area contributed by atoms with Crippen molar-refractivity contribution in [1.82, 2.24) is 9.97 Å². The van der Waals surface area contributed by atoms with Crippen LogP contribution in [0.15, 0.2) is 36.5 Å². The van der Waals surface area contributed by atoms with Gasteiger partial charge in [0.05, 0.1) is 24.3 Å². The first-order chi connectivity index (χ1) is 14.4. The molecule has 1 aromatic carbocycles. The van der Waals surface area contributed by atoms with E-state index in [1.165, 1.54) is 12.8 Å². The van der Waals surface area contributed by atoms with Crippen LogP contribution in [0.4, 0.5) is 17.5 Å². The highest BCUT2D eigenvalue weighted by Crippen LogP contribution is 2.40. The third-order valence-corrected chi connectivity index (χ3v) is 6.29. The Balaban J connectivity index is 1.71. The summed E-state index contributed by atoms with van der Waals surface area (Å²) in [4.78, 5) is 26.4. The van der Waals surface area contributed by atoms with Crippen LogP contribution in [0.2, 0.25) is 0 Å². The highest BCUT2D eigenvalue weighted by molar-refractivity contribution is 6.00. The molecular formula is C23H31N5O2. The molecule has 2 N–H and O–H groups in total. The van der Waals surface area contributed by atoms with Crippen LogP contribution in [0.5, 0.6) is 0 Å². The molecule has 1 atom stereocenters. The van der Waals surface area contributed by atoms with Crippen molar-refractivity contribution >= 4 is 23.4 Å². The first-order valence-corrected chi connectivity index (χ1v) is 10.7. The molecule has 160 valence electrons. The van der Waals surface area contributed by atoms with Gasteiger partial charge in [-0.05, 0) is 32.3 Å². The number of aliphatic hydroxyl groups is 1. The van der Waals surface area contributed by atoms with Crippen molar-refractivity contribution in [1.29, 1.82) is 0 Å². The molecule has 1 aliphatic heterocycles. The largest absolute Gasteiger partial charge is 0.394 e. The second-order valence-corrected chi connectivity index (χ2v) is 9.01. The Kier molecular flexibility index (Phi) is 5.64. The van der Waals surface area contributed by atoms with Crippen LogP contribution < -0.4 is 15.1 Å². The van der Waals surface area contributed by atoms with E-state index in [9.17, 15) is 9.90 Å². The Labute approximate surface area is 178 Å². The van der Waals surface area contributed by atoms with Gasteiger partial charge in [0.1, 0.15) is 5.69 Å². The van der Waals surface area contributed by atoms with E-state index in [0.29, 0.717) is 18.5 Å². The molecule has 0 unspecified atom stereocenters. The quantitative estimate of drug-likeness (QED) is 0.788. The minimum absolute atomic E-state index is 0.0672. The number of rotatable bonds is 5. The van der Waals surface area contributed by atoms with Crippen molar-refractivity contribution in [2.24, 2.45) is 5.41 Å². The van der Waals surface area contributed by atoms with Crippen LogP contribution in [0, 0.1) is 5.41 Å². The van der Waals surface area contributed by atoms with Gasteiger partial charge in [-0.25, -0.2) is 4.98 Å². The first kappa shape index (κ1) is 20.6. The summed E-state index contributed by atoms with van der Waals surface area (Å²) in [6.45, 7) is 4.57. The molecule has 0 radical (unpaired) electrons. The second-order valence-electron chi connectivity index (χ2n) is 9.01. The average Bonchev–Trinajstić information content (AvgIpc) is 3.28. The summed E-state index contributed by atoms with van der Waals surface area (Å²) in [5, 5.41) is 13.2. The van der Waals surface area contributed by atoms with Crippen LogP contribution in [0.25, 0.3) is 0 Å². The highest BCUT2D eigenvalue weighted by Gasteiger charge is 2.41. The number of hydrogen-bond donors (Lipinski definition) is 2.